The summed E-state index contributed by atoms with van der Waals surface area (Å²) in [5, 5.41) is 5.48. The average Bonchev–Trinajstić information content (AvgIpc) is 2.72. The molecule has 0 fully saturated rings. The second-order valence-electron chi connectivity index (χ2n) is 6.44. The van der Waals surface area contributed by atoms with Gasteiger partial charge in [0, 0.05) is 36.5 Å². The molecular weight excluding hydrogens is 354 g/mol. The van der Waals surface area contributed by atoms with Crippen molar-refractivity contribution >= 4 is 17.4 Å². The highest BCUT2D eigenvalue weighted by Gasteiger charge is 2.18. The van der Waals surface area contributed by atoms with E-state index in [9.17, 15) is 4.79 Å². The quantitative estimate of drug-likeness (QED) is 0.722. The Labute approximate surface area is 165 Å². The maximum atomic E-state index is 11.7. The van der Waals surface area contributed by atoms with E-state index in [1.165, 1.54) is 5.56 Å². The first kappa shape index (κ1) is 19.5. The minimum atomic E-state index is -0.251. The van der Waals surface area contributed by atoms with Crippen molar-refractivity contribution in [1.29, 1.82) is 0 Å². The third kappa shape index (κ3) is 4.52. The van der Waals surface area contributed by atoms with Gasteiger partial charge in [-0.15, -0.1) is 6.58 Å². The van der Waals surface area contributed by atoms with Crippen LogP contribution in [0.3, 0.4) is 0 Å². The molecule has 0 bridgehead atoms. The number of hydrogen-bond donors (Lipinski definition) is 2. The second kappa shape index (κ2) is 9.08. The van der Waals surface area contributed by atoms with E-state index in [1.54, 1.807) is 20.3 Å². The number of urea groups is 1. The summed E-state index contributed by atoms with van der Waals surface area (Å²) in [6.07, 6.45) is 3.24. The van der Waals surface area contributed by atoms with Gasteiger partial charge in [-0.05, 0) is 41.8 Å². The zero-order chi connectivity index (χ0) is 19.9. The Morgan fingerprint density at radius 2 is 1.89 bits per heavy atom. The van der Waals surface area contributed by atoms with Gasteiger partial charge in [-0.1, -0.05) is 18.2 Å². The summed E-state index contributed by atoms with van der Waals surface area (Å²) in [7, 11) is 3.29. The number of anilines is 1. The van der Waals surface area contributed by atoms with Gasteiger partial charge >= 0.3 is 6.03 Å². The van der Waals surface area contributed by atoms with Crippen LogP contribution in [0.4, 0.5) is 10.5 Å². The van der Waals surface area contributed by atoms with E-state index in [1.807, 2.05) is 36.4 Å². The largest absolute Gasteiger partial charge is 0.493 e. The maximum Gasteiger partial charge on any atom is 0.319 e. The van der Waals surface area contributed by atoms with Gasteiger partial charge in [0.2, 0.25) is 0 Å². The molecule has 0 radical (unpaired) electrons. The number of hydrogen-bond acceptors (Lipinski definition) is 4. The van der Waals surface area contributed by atoms with Crippen LogP contribution in [0, 0.1) is 0 Å². The van der Waals surface area contributed by atoms with Crippen LogP contribution >= 0.6 is 0 Å². The van der Waals surface area contributed by atoms with E-state index in [4.69, 9.17) is 14.5 Å². The molecule has 1 aliphatic rings. The first-order valence-electron chi connectivity index (χ1n) is 9.18. The van der Waals surface area contributed by atoms with Crippen LogP contribution in [-0.2, 0) is 12.8 Å². The number of fused-ring (bicyclic) bond motifs is 1. The van der Waals surface area contributed by atoms with Crippen LogP contribution < -0.4 is 20.1 Å². The number of nitrogens with zero attached hydrogens (tertiary/aromatic N) is 1. The fourth-order valence-corrected chi connectivity index (χ4v) is 3.18. The maximum absolute atomic E-state index is 11.7. The lowest BCUT2D eigenvalue weighted by molar-refractivity contribution is 0.253. The van der Waals surface area contributed by atoms with Crippen LogP contribution in [0.2, 0.25) is 0 Å². The molecule has 3 rings (SSSR count). The Bertz CT molecular complexity index is 889. The fraction of sp³-hybridized carbons (Fsp3) is 0.273. The molecule has 6 heteroatoms. The van der Waals surface area contributed by atoms with Crippen molar-refractivity contribution in [3.05, 3.63) is 65.7 Å². The Balaban J connectivity index is 1.73. The zero-order valence-corrected chi connectivity index (χ0v) is 16.2. The standard InChI is InChI=1S/C22H25N3O3/c1-4-10-24-22(26)25-17-7-5-15(6-8-17)12-19-18-14-21(28-3)20(27-2)13-16(18)9-11-23-19/h4-8,13-14H,1,9-12H2,2-3H3,(H2,24,25,26). The molecule has 1 heterocycles. The van der Waals surface area contributed by atoms with Gasteiger partial charge in [-0.25, -0.2) is 4.79 Å². The summed E-state index contributed by atoms with van der Waals surface area (Å²) in [6, 6.07) is 11.6. The van der Waals surface area contributed by atoms with E-state index >= 15 is 0 Å². The van der Waals surface area contributed by atoms with Crippen LogP contribution in [0.15, 0.2) is 54.0 Å². The van der Waals surface area contributed by atoms with E-state index in [-0.39, 0.29) is 6.03 Å². The van der Waals surface area contributed by atoms with Crippen molar-refractivity contribution < 1.29 is 14.3 Å². The molecule has 0 saturated heterocycles. The number of aliphatic imine (C=N–C) groups is 1. The molecule has 0 unspecified atom stereocenters. The lowest BCUT2D eigenvalue weighted by atomic mass is 9.93. The number of benzene rings is 2. The van der Waals surface area contributed by atoms with Gasteiger partial charge in [-0.2, -0.15) is 0 Å². The number of amides is 2. The molecule has 2 N–H and O–H groups in total. The van der Waals surface area contributed by atoms with Crippen LogP contribution in [-0.4, -0.2) is 39.1 Å². The minimum Gasteiger partial charge on any atom is -0.493 e. The molecule has 0 spiro atoms. The summed E-state index contributed by atoms with van der Waals surface area (Å²) in [6.45, 7) is 4.77. The molecule has 0 aromatic heterocycles. The van der Waals surface area contributed by atoms with Crippen molar-refractivity contribution in [3.8, 4) is 11.5 Å². The van der Waals surface area contributed by atoms with Gasteiger partial charge in [0.05, 0.1) is 14.2 Å². The molecular formula is C22H25N3O3. The van der Waals surface area contributed by atoms with E-state index in [2.05, 4.69) is 17.2 Å². The third-order valence-electron chi connectivity index (χ3n) is 4.59. The van der Waals surface area contributed by atoms with Gasteiger partial charge in [0.15, 0.2) is 11.5 Å². The second-order valence-corrected chi connectivity index (χ2v) is 6.44. The van der Waals surface area contributed by atoms with Crippen LogP contribution in [0.1, 0.15) is 16.7 Å². The Morgan fingerprint density at radius 1 is 1.18 bits per heavy atom. The minimum absolute atomic E-state index is 0.251. The summed E-state index contributed by atoms with van der Waals surface area (Å²) >= 11 is 0. The Morgan fingerprint density at radius 3 is 2.57 bits per heavy atom. The predicted molar refractivity (Wildman–Crippen MR) is 112 cm³/mol. The topological polar surface area (TPSA) is 72.0 Å². The SMILES string of the molecule is C=CCNC(=O)Nc1ccc(CC2=NCCc3cc(OC)c(OC)cc32)cc1. The highest BCUT2D eigenvalue weighted by atomic mass is 16.5. The van der Waals surface area contributed by atoms with E-state index < -0.39 is 0 Å². The van der Waals surface area contributed by atoms with Gasteiger partial charge < -0.3 is 20.1 Å². The first-order valence-corrected chi connectivity index (χ1v) is 9.18. The number of methoxy groups -OCH3 is 2. The molecule has 146 valence electrons. The summed E-state index contributed by atoms with van der Waals surface area (Å²) < 4.78 is 10.9. The molecule has 0 saturated carbocycles. The summed E-state index contributed by atoms with van der Waals surface area (Å²) in [4.78, 5) is 16.4. The number of ether oxygens (including phenoxy) is 2. The molecule has 2 aromatic rings. The van der Waals surface area contributed by atoms with Gasteiger partial charge in [-0.3, -0.25) is 4.99 Å². The summed E-state index contributed by atoms with van der Waals surface area (Å²) in [5.74, 6) is 1.45. The number of nitrogens with one attached hydrogen (secondary N) is 2. The van der Waals surface area contributed by atoms with Crippen molar-refractivity contribution in [2.75, 3.05) is 32.6 Å². The average molecular weight is 379 g/mol. The van der Waals surface area contributed by atoms with Crippen molar-refractivity contribution in [2.45, 2.75) is 12.8 Å². The van der Waals surface area contributed by atoms with Crippen LogP contribution in [0.5, 0.6) is 11.5 Å². The van der Waals surface area contributed by atoms with Crippen molar-refractivity contribution in [1.82, 2.24) is 5.32 Å². The third-order valence-corrected chi connectivity index (χ3v) is 4.59. The zero-order valence-electron chi connectivity index (χ0n) is 16.2. The van der Waals surface area contributed by atoms with E-state index in [0.29, 0.717) is 18.7 Å². The smallest absolute Gasteiger partial charge is 0.319 e. The van der Waals surface area contributed by atoms with Gasteiger partial charge in [0.25, 0.3) is 0 Å². The van der Waals surface area contributed by atoms with Crippen molar-refractivity contribution in [3.63, 3.8) is 0 Å². The van der Waals surface area contributed by atoms with E-state index in [0.717, 1.165) is 41.2 Å². The molecule has 0 atom stereocenters. The van der Waals surface area contributed by atoms with Crippen molar-refractivity contribution in [2.24, 2.45) is 4.99 Å². The molecule has 1 aliphatic heterocycles. The molecule has 2 amide bonds. The molecule has 6 nitrogen and oxygen atoms in total. The lowest BCUT2D eigenvalue weighted by Crippen LogP contribution is -2.28. The summed E-state index contributed by atoms with van der Waals surface area (Å²) in [5.41, 5.74) is 5.22. The number of carbonyl (C=O) groups is 1. The highest BCUT2D eigenvalue weighted by molar-refractivity contribution is 6.04. The normalized spacial score (nSPS) is 12.4. The monoisotopic (exact) mass is 379 g/mol. The highest BCUT2D eigenvalue weighted by Crippen LogP contribution is 2.33. The molecule has 28 heavy (non-hydrogen) atoms. The number of rotatable bonds is 7. The molecule has 2 aromatic carbocycles. The van der Waals surface area contributed by atoms with Crippen LogP contribution in [0.25, 0.3) is 0 Å². The van der Waals surface area contributed by atoms with Gasteiger partial charge in [0.1, 0.15) is 0 Å². The number of carbonyl (C=O) groups excluding carboxylic acids is 1. The lowest BCUT2D eigenvalue weighted by Gasteiger charge is -2.20. The molecule has 0 aliphatic carbocycles. The Hall–Kier alpha value is -3.28. The fourth-order valence-electron chi connectivity index (χ4n) is 3.18. The Kier molecular flexibility index (Phi) is 6.32. The first-order chi connectivity index (χ1) is 13.6. The predicted octanol–water partition coefficient (Wildman–Crippen LogP) is 3.60.